The van der Waals surface area contributed by atoms with Crippen LogP contribution in [0, 0.1) is 308 Å². The van der Waals surface area contributed by atoms with Crippen LogP contribution >= 0.6 is 11.8 Å². The molecule has 31 atom stereocenters. The van der Waals surface area contributed by atoms with E-state index >= 15 is 0 Å². The molecule has 0 aromatic carbocycles. The van der Waals surface area contributed by atoms with Crippen molar-refractivity contribution < 1.29 is 0 Å². The second-order valence-corrected chi connectivity index (χ2v) is 58.3. The van der Waals surface area contributed by atoms with E-state index in [0.29, 0.717) is 0 Å². The van der Waals surface area contributed by atoms with Gasteiger partial charge in [0.05, 0.1) is 0 Å². The molecule has 26 rings (SSSR count). The third kappa shape index (κ3) is 30.6. The maximum absolute atomic E-state index is 2.44. The van der Waals surface area contributed by atoms with Crippen LogP contribution in [0.4, 0.5) is 0 Å². The number of allylic oxidation sites excluding steroid dienone is 4. The van der Waals surface area contributed by atoms with Crippen molar-refractivity contribution in [3.63, 3.8) is 0 Å². The van der Waals surface area contributed by atoms with Gasteiger partial charge in [-0.1, -0.05) is 370 Å². The molecule has 25 aliphatic carbocycles. The molecule has 0 aromatic heterocycles. The maximum Gasteiger partial charge on any atom is -0.00335 e. The van der Waals surface area contributed by atoms with E-state index in [4.69, 9.17) is 0 Å². The molecule has 0 spiro atoms. The van der Waals surface area contributed by atoms with Gasteiger partial charge in [-0.15, -0.1) is 0 Å². The van der Waals surface area contributed by atoms with Crippen molar-refractivity contribution in [1.29, 1.82) is 0 Å². The molecule has 0 aromatic rings. The summed E-state index contributed by atoms with van der Waals surface area (Å²) in [5, 5.41) is 0. The van der Waals surface area contributed by atoms with Crippen LogP contribution < -0.4 is 0 Å². The molecule has 26 aliphatic rings. The lowest BCUT2D eigenvalue weighted by molar-refractivity contribution is 0.0621. The van der Waals surface area contributed by atoms with Crippen LogP contribution in [0.15, 0.2) is 24.3 Å². The first-order valence-corrected chi connectivity index (χ1v) is 62.4. The van der Waals surface area contributed by atoms with Gasteiger partial charge in [0.15, 0.2) is 0 Å². The zero-order valence-electron chi connectivity index (χ0n) is 92.0. The van der Waals surface area contributed by atoms with Gasteiger partial charge < -0.3 is 0 Å². The zero-order chi connectivity index (χ0) is 92.8. The molecule has 0 amide bonds. The van der Waals surface area contributed by atoms with Crippen molar-refractivity contribution in [2.45, 2.75) is 506 Å². The molecular weight excluding hydrogens is 1640 g/mol. The van der Waals surface area contributed by atoms with E-state index in [0.717, 1.165) is 272 Å². The Labute approximate surface area is 855 Å². The molecule has 24 fully saturated rings. The summed E-state index contributed by atoms with van der Waals surface area (Å²) in [6.45, 7) is 62.0. The summed E-state index contributed by atoms with van der Waals surface area (Å²) in [6.07, 6.45) is 78.4. The highest BCUT2D eigenvalue weighted by molar-refractivity contribution is 7.99. The third-order valence-electron chi connectivity index (χ3n) is 45.5. The number of fused-ring (bicyclic) bond motifs is 13. The third-order valence-corrected chi connectivity index (χ3v) is 46.7. The largest absolute Gasteiger partial charge is 0.162 e. The SMILES string of the molecule is C.C.C.C.C.CC(C)C1C2C=CCCC21.CC(C)C1C2CC=CCC21.CC(C)C1C2CCCC21.CC(C)C1C2CCCC21.CC(C)C1C2CCCC21.CC(C)C1C2CCCCC21.CC(C)C1C2CCSCC21.CC(C)C1CC2CCCC21.CC(C)C1CC2CCCC21.CC(C)C1CC2CCCC21.CC(C)C1CC2CCCC2C1.CC(C)C1CC2CCCC2C1.CC(C)C1CC2CCCC2C1. The van der Waals surface area contributed by atoms with Gasteiger partial charge in [-0.25, -0.2) is 0 Å². The first kappa shape index (κ1) is 118. The highest BCUT2D eigenvalue weighted by Gasteiger charge is 2.58. The minimum Gasteiger partial charge on any atom is -0.162 e. The Morgan fingerprint density at radius 1 is 0.185 bits per heavy atom. The average molecular weight is 1890 g/mol. The second-order valence-electron chi connectivity index (χ2n) is 57.1. The Kier molecular flexibility index (Phi) is 47.9. The van der Waals surface area contributed by atoms with Crippen LogP contribution in [0.3, 0.4) is 0 Å². The zero-order valence-corrected chi connectivity index (χ0v) is 92.8. The summed E-state index contributed by atoms with van der Waals surface area (Å²) in [7, 11) is 0. The van der Waals surface area contributed by atoms with E-state index in [2.05, 4.69) is 216 Å². The molecule has 1 aliphatic heterocycles. The first-order valence-electron chi connectivity index (χ1n) is 61.2. The number of thioether (sulfide) groups is 1. The molecule has 1 saturated heterocycles. The Morgan fingerprint density at radius 2 is 0.415 bits per heavy atom. The fourth-order valence-electron chi connectivity index (χ4n) is 37.9. The normalized spacial score (nSPS) is 43.4. The molecule has 0 N–H and O–H groups in total. The molecule has 135 heavy (non-hydrogen) atoms. The average Bonchev–Trinajstić information content (AvgIpc) is 1.57. The van der Waals surface area contributed by atoms with Crippen molar-refractivity contribution in [2.24, 2.45) is 308 Å². The molecular formula is C134H248S. The summed E-state index contributed by atoms with van der Waals surface area (Å²) in [5.41, 5.74) is 0. The number of hydrogen-bond donors (Lipinski definition) is 0. The van der Waals surface area contributed by atoms with E-state index in [9.17, 15) is 0 Å². The summed E-state index contributed by atoms with van der Waals surface area (Å²) < 4.78 is 0. The smallest absolute Gasteiger partial charge is 0.00335 e. The standard InChI is InChI=1S/3C11H20.4C10H18.2C10H16.C9H16S.3C9H16.5CH4/c3*1-8(2)11-6-9-4-3-5-10(9)7-11;3*1-7(2)10-6-8-4-3-5-9(8)10;3*1-7(2)10-8-5-3-4-6-9(8)10;1-6(2)9-7-3-4-10-5-8(7)9;3*1-6(2)9-7-4-3-5-8(7)9;;;;;/h3*8-11H,3-7H2,1-2H3;4*7-10H,3-6H2,1-2H3;3,5,7-10H,4,6H2,1-2H3;3-4,7-10H,5-6H2,1-2H3;6-9H,3-5H2,1-2H3;3*6-9H,3-5H2,1-2H3;5*1H4. The van der Waals surface area contributed by atoms with Crippen LogP contribution in [0.5, 0.6) is 0 Å². The van der Waals surface area contributed by atoms with Crippen molar-refractivity contribution >= 4 is 11.8 Å². The quantitative estimate of drug-likeness (QED) is 0.166. The van der Waals surface area contributed by atoms with Gasteiger partial charge in [0.25, 0.3) is 0 Å². The fraction of sp³-hybridized carbons (Fsp3) is 0.970. The second kappa shape index (κ2) is 54.7. The Bertz CT molecular complexity index is 2900. The van der Waals surface area contributed by atoms with Crippen LogP contribution in [-0.2, 0) is 0 Å². The minimum atomic E-state index is 0. The number of hydrogen-bond acceptors (Lipinski definition) is 1. The van der Waals surface area contributed by atoms with E-state index in [1.807, 2.05) is 0 Å². The minimum absolute atomic E-state index is 0. The lowest BCUT2D eigenvalue weighted by Crippen LogP contribution is -2.35. The lowest BCUT2D eigenvalue weighted by Gasteiger charge is -2.43. The predicted molar refractivity (Wildman–Crippen MR) is 606 cm³/mol. The predicted octanol–water partition coefficient (Wildman–Crippen LogP) is 42.3. The molecule has 1 heterocycles. The van der Waals surface area contributed by atoms with Crippen molar-refractivity contribution in [2.75, 3.05) is 11.5 Å². The van der Waals surface area contributed by atoms with Crippen LogP contribution in [0.2, 0.25) is 0 Å². The lowest BCUT2D eigenvalue weighted by atomic mass is 9.62. The summed E-state index contributed by atoms with van der Waals surface area (Å²) in [6, 6.07) is 0. The van der Waals surface area contributed by atoms with Crippen molar-refractivity contribution in [1.82, 2.24) is 0 Å². The van der Waals surface area contributed by atoms with Crippen LogP contribution in [0.1, 0.15) is 506 Å². The van der Waals surface area contributed by atoms with Crippen LogP contribution in [0.25, 0.3) is 0 Å². The van der Waals surface area contributed by atoms with Gasteiger partial charge in [0.1, 0.15) is 0 Å². The molecule has 0 nitrogen and oxygen atoms in total. The van der Waals surface area contributed by atoms with Gasteiger partial charge >= 0.3 is 0 Å². The summed E-state index contributed by atoms with van der Waals surface area (Å²) >= 11 is 2.17. The van der Waals surface area contributed by atoms with E-state index in [1.165, 1.54) is 150 Å². The molecule has 23 saturated carbocycles. The number of rotatable bonds is 13. The highest BCUT2D eigenvalue weighted by atomic mass is 32.2. The van der Waals surface area contributed by atoms with Crippen molar-refractivity contribution in [3.05, 3.63) is 24.3 Å². The highest BCUT2D eigenvalue weighted by Crippen LogP contribution is 2.66. The topological polar surface area (TPSA) is 0 Å². The Balaban J connectivity index is 0.000000164. The fourth-order valence-corrected chi connectivity index (χ4v) is 39.2. The van der Waals surface area contributed by atoms with E-state index < -0.39 is 0 Å². The Hall–Kier alpha value is -0.170. The summed E-state index contributed by atoms with van der Waals surface area (Å²) in [4.78, 5) is 0. The molecule has 1 heteroatoms. The Morgan fingerprint density at radius 3 is 0.644 bits per heavy atom. The van der Waals surface area contributed by atoms with Gasteiger partial charge in [0.2, 0.25) is 0 Å². The van der Waals surface area contributed by atoms with E-state index in [-0.39, 0.29) is 37.1 Å². The summed E-state index contributed by atoms with van der Waals surface area (Å²) in [5.74, 6) is 59.2. The first-order chi connectivity index (χ1) is 62.3. The molecule has 790 valence electrons. The van der Waals surface area contributed by atoms with Gasteiger partial charge in [-0.05, 0) is 480 Å². The molecule has 31 unspecified atom stereocenters. The van der Waals surface area contributed by atoms with Gasteiger partial charge in [-0.2, -0.15) is 11.8 Å². The van der Waals surface area contributed by atoms with Crippen LogP contribution in [-0.4, -0.2) is 11.5 Å². The van der Waals surface area contributed by atoms with E-state index in [1.54, 1.807) is 186 Å². The molecule has 0 radical (unpaired) electrons. The van der Waals surface area contributed by atoms with Gasteiger partial charge in [-0.3, -0.25) is 0 Å². The maximum atomic E-state index is 2.44. The monoisotopic (exact) mass is 1890 g/mol. The van der Waals surface area contributed by atoms with Gasteiger partial charge in [0, 0.05) is 0 Å². The molecule has 0 bridgehead atoms. The van der Waals surface area contributed by atoms with Crippen molar-refractivity contribution in [3.8, 4) is 0 Å².